The van der Waals surface area contributed by atoms with E-state index in [-0.39, 0.29) is 6.04 Å². The molecule has 0 heterocycles. The Morgan fingerprint density at radius 1 is 1.35 bits per heavy atom. The van der Waals surface area contributed by atoms with Gasteiger partial charge in [-0.2, -0.15) is 4.39 Å². The van der Waals surface area contributed by atoms with Gasteiger partial charge in [-0.05, 0) is 18.9 Å². The van der Waals surface area contributed by atoms with Gasteiger partial charge in [0.2, 0.25) is 5.82 Å². The fraction of sp³-hybridized carbons (Fsp3) is 0.364. The van der Waals surface area contributed by atoms with Crippen molar-refractivity contribution in [3.63, 3.8) is 0 Å². The molecular formula is C11H10F3NO2. The monoisotopic (exact) mass is 245 g/mol. The Hall–Kier alpha value is -1.72. The minimum absolute atomic E-state index is 0.000934. The van der Waals surface area contributed by atoms with E-state index in [1.165, 1.54) is 0 Å². The molecule has 0 radical (unpaired) electrons. The van der Waals surface area contributed by atoms with Gasteiger partial charge in [0, 0.05) is 6.04 Å². The van der Waals surface area contributed by atoms with Crippen LogP contribution in [-0.4, -0.2) is 19.1 Å². The second-order valence-corrected chi connectivity index (χ2v) is 3.81. The number of rotatable bonds is 3. The molecule has 1 N–H and O–H groups in total. The number of ether oxygens (including phenoxy) is 1. The molecule has 0 saturated heterocycles. The Kier molecular flexibility index (Phi) is 2.95. The summed E-state index contributed by atoms with van der Waals surface area (Å²) in [6, 6.07) is 0.534. The first kappa shape index (κ1) is 11.8. The molecule has 1 aromatic carbocycles. The second kappa shape index (κ2) is 4.27. The maximum atomic E-state index is 13.6. The van der Waals surface area contributed by atoms with Crippen molar-refractivity contribution in [1.82, 2.24) is 5.32 Å². The zero-order chi connectivity index (χ0) is 12.6. The summed E-state index contributed by atoms with van der Waals surface area (Å²) in [7, 11) is 1.00. The van der Waals surface area contributed by atoms with E-state index in [2.05, 4.69) is 10.1 Å². The van der Waals surface area contributed by atoms with Gasteiger partial charge in [0.05, 0.1) is 12.7 Å². The third-order valence-corrected chi connectivity index (χ3v) is 2.48. The van der Waals surface area contributed by atoms with Crippen molar-refractivity contribution in [3.05, 3.63) is 29.1 Å². The van der Waals surface area contributed by atoms with Crippen LogP contribution < -0.4 is 10.1 Å². The first-order valence-electron chi connectivity index (χ1n) is 5.07. The van der Waals surface area contributed by atoms with E-state index in [1.807, 2.05) is 0 Å². The highest BCUT2D eigenvalue weighted by Gasteiger charge is 2.28. The van der Waals surface area contributed by atoms with Gasteiger partial charge in [-0.25, -0.2) is 8.78 Å². The van der Waals surface area contributed by atoms with E-state index in [9.17, 15) is 18.0 Å². The molecule has 0 aliphatic heterocycles. The van der Waals surface area contributed by atoms with Gasteiger partial charge in [0.25, 0.3) is 5.91 Å². The molecule has 1 fully saturated rings. The van der Waals surface area contributed by atoms with Crippen molar-refractivity contribution < 1.29 is 22.7 Å². The molecule has 0 aromatic heterocycles. The molecule has 6 heteroatoms. The molecule has 2 rings (SSSR count). The lowest BCUT2D eigenvalue weighted by atomic mass is 10.1. The first-order chi connectivity index (χ1) is 8.04. The maximum absolute atomic E-state index is 13.6. The van der Waals surface area contributed by atoms with Crippen molar-refractivity contribution in [2.45, 2.75) is 18.9 Å². The third kappa shape index (κ3) is 2.20. The first-order valence-corrected chi connectivity index (χ1v) is 5.07. The van der Waals surface area contributed by atoms with Crippen molar-refractivity contribution in [2.24, 2.45) is 0 Å². The number of carbonyl (C=O) groups is 1. The summed E-state index contributed by atoms with van der Waals surface area (Å²) in [5.74, 6) is -5.59. The Balaban J connectivity index is 2.38. The molecule has 0 unspecified atom stereocenters. The van der Waals surface area contributed by atoms with E-state index in [0.717, 1.165) is 20.0 Å². The van der Waals surface area contributed by atoms with Gasteiger partial charge in [0.1, 0.15) is 0 Å². The lowest BCUT2D eigenvalue weighted by Crippen LogP contribution is -2.26. The summed E-state index contributed by atoms with van der Waals surface area (Å²) in [5, 5.41) is 2.49. The molecule has 92 valence electrons. The lowest BCUT2D eigenvalue weighted by Gasteiger charge is -2.09. The summed E-state index contributed by atoms with van der Waals surface area (Å²) in [5.41, 5.74) is -0.548. The van der Waals surface area contributed by atoms with Crippen LogP contribution in [-0.2, 0) is 0 Å². The topological polar surface area (TPSA) is 38.3 Å². The van der Waals surface area contributed by atoms with Crippen LogP contribution in [0.5, 0.6) is 5.75 Å². The fourth-order valence-electron chi connectivity index (χ4n) is 1.42. The molecular weight excluding hydrogens is 235 g/mol. The van der Waals surface area contributed by atoms with Gasteiger partial charge in [-0.3, -0.25) is 4.79 Å². The normalized spacial score (nSPS) is 14.6. The van der Waals surface area contributed by atoms with Crippen molar-refractivity contribution in [1.29, 1.82) is 0 Å². The molecule has 1 aromatic rings. The van der Waals surface area contributed by atoms with E-state index in [1.54, 1.807) is 0 Å². The van der Waals surface area contributed by atoms with Crippen LogP contribution in [0, 0.1) is 17.5 Å². The average Bonchev–Trinajstić information content (AvgIpc) is 3.08. The number of amides is 1. The molecule has 0 bridgehead atoms. The van der Waals surface area contributed by atoms with Crippen molar-refractivity contribution in [3.8, 4) is 5.75 Å². The van der Waals surface area contributed by atoms with E-state index in [0.29, 0.717) is 6.07 Å². The number of hydrogen-bond acceptors (Lipinski definition) is 2. The number of benzene rings is 1. The Morgan fingerprint density at radius 2 is 2.00 bits per heavy atom. The third-order valence-electron chi connectivity index (χ3n) is 2.48. The minimum Gasteiger partial charge on any atom is -0.491 e. The molecule has 17 heavy (non-hydrogen) atoms. The number of methoxy groups -OCH3 is 1. The number of nitrogens with one attached hydrogen (secondary N) is 1. The predicted octanol–water partition coefficient (Wildman–Crippen LogP) is 2.00. The summed E-state index contributed by atoms with van der Waals surface area (Å²) in [4.78, 5) is 11.6. The van der Waals surface area contributed by atoms with Crippen molar-refractivity contribution in [2.75, 3.05) is 7.11 Å². The van der Waals surface area contributed by atoms with Crippen molar-refractivity contribution >= 4 is 5.91 Å². The summed E-state index contributed by atoms with van der Waals surface area (Å²) < 4.78 is 44.3. The molecule has 0 atom stereocenters. The summed E-state index contributed by atoms with van der Waals surface area (Å²) in [6.07, 6.45) is 1.63. The highest BCUT2D eigenvalue weighted by Crippen LogP contribution is 2.27. The highest BCUT2D eigenvalue weighted by molar-refractivity contribution is 5.95. The van der Waals surface area contributed by atoms with Gasteiger partial charge >= 0.3 is 0 Å². The van der Waals surface area contributed by atoms with Gasteiger partial charge in [-0.15, -0.1) is 0 Å². The Labute approximate surface area is 95.6 Å². The molecule has 0 spiro atoms. The molecule has 1 saturated carbocycles. The van der Waals surface area contributed by atoms with Gasteiger partial charge in [-0.1, -0.05) is 0 Å². The molecule has 1 amide bonds. The van der Waals surface area contributed by atoms with Crippen LogP contribution in [0.15, 0.2) is 6.07 Å². The standard InChI is InChI=1S/C11H10F3NO2/c1-17-10-8(13)6(4-7(12)9(10)14)11(16)15-5-2-3-5/h4-5H,2-3H2,1H3,(H,15,16). The smallest absolute Gasteiger partial charge is 0.254 e. The van der Waals surface area contributed by atoms with Gasteiger partial charge in [0.15, 0.2) is 17.4 Å². The zero-order valence-electron chi connectivity index (χ0n) is 9.02. The van der Waals surface area contributed by atoms with E-state index < -0.39 is 34.7 Å². The molecule has 1 aliphatic rings. The quantitative estimate of drug-likeness (QED) is 0.827. The summed E-state index contributed by atoms with van der Waals surface area (Å²) >= 11 is 0. The maximum Gasteiger partial charge on any atom is 0.254 e. The predicted molar refractivity (Wildman–Crippen MR) is 53.4 cm³/mol. The molecule has 3 nitrogen and oxygen atoms in total. The SMILES string of the molecule is COc1c(F)c(F)cc(C(=O)NC2CC2)c1F. The van der Waals surface area contributed by atoms with Crippen LogP contribution in [0.25, 0.3) is 0 Å². The number of hydrogen-bond donors (Lipinski definition) is 1. The van der Waals surface area contributed by atoms with Crippen LogP contribution >= 0.6 is 0 Å². The zero-order valence-corrected chi connectivity index (χ0v) is 9.02. The van der Waals surface area contributed by atoms with E-state index in [4.69, 9.17) is 0 Å². The van der Waals surface area contributed by atoms with Crippen LogP contribution in [0.1, 0.15) is 23.2 Å². The molecule has 1 aliphatic carbocycles. The largest absolute Gasteiger partial charge is 0.491 e. The average molecular weight is 245 g/mol. The van der Waals surface area contributed by atoms with Gasteiger partial charge < -0.3 is 10.1 Å². The fourth-order valence-corrected chi connectivity index (χ4v) is 1.42. The van der Waals surface area contributed by atoms with Crippen LogP contribution in [0.2, 0.25) is 0 Å². The van der Waals surface area contributed by atoms with Crippen LogP contribution in [0.3, 0.4) is 0 Å². The highest BCUT2D eigenvalue weighted by atomic mass is 19.2. The van der Waals surface area contributed by atoms with E-state index >= 15 is 0 Å². The number of carbonyl (C=O) groups excluding carboxylic acids is 1. The number of halogens is 3. The summed E-state index contributed by atoms with van der Waals surface area (Å²) in [6.45, 7) is 0. The minimum atomic E-state index is -1.44. The second-order valence-electron chi connectivity index (χ2n) is 3.81. The lowest BCUT2D eigenvalue weighted by molar-refractivity contribution is 0.0945. The Morgan fingerprint density at radius 3 is 2.53 bits per heavy atom. The van der Waals surface area contributed by atoms with Crippen LogP contribution in [0.4, 0.5) is 13.2 Å². The Bertz CT molecular complexity index is 472.